The van der Waals surface area contributed by atoms with E-state index in [0.29, 0.717) is 6.08 Å². The number of aliphatic hydroxyl groups excluding tert-OH is 1. The van der Waals surface area contributed by atoms with Crippen LogP contribution in [-0.4, -0.2) is 16.3 Å². The summed E-state index contributed by atoms with van der Waals surface area (Å²) in [7, 11) is 0. The van der Waals surface area contributed by atoms with Crippen molar-refractivity contribution in [1.29, 1.82) is 0 Å². The molecule has 1 N–H and O–H groups in total. The second-order valence-electron chi connectivity index (χ2n) is 2.90. The number of halogens is 4. The Balaban J connectivity index is 2.94. The molecule has 0 fully saturated rings. The lowest BCUT2D eigenvalue weighted by Crippen LogP contribution is -2.19. The molecule has 0 aromatic heterocycles. The number of ketones is 1. The van der Waals surface area contributed by atoms with Gasteiger partial charge in [-0.3, -0.25) is 4.79 Å². The molecule has 0 spiro atoms. The lowest BCUT2D eigenvalue weighted by Gasteiger charge is -2.03. The predicted octanol–water partition coefficient (Wildman–Crippen LogP) is 3.13. The Morgan fingerprint density at radius 2 is 1.81 bits per heavy atom. The average Bonchev–Trinajstić information content (AvgIpc) is 2.17. The number of carbonyl (C=O) groups excluding carboxylic acids is 1. The summed E-state index contributed by atoms with van der Waals surface area (Å²) in [6.07, 6.45) is 0.292. The van der Waals surface area contributed by atoms with Crippen molar-refractivity contribution in [3.8, 4) is 0 Å². The van der Waals surface area contributed by atoms with Gasteiger partial charge < -0.3 is 5.11 Å². The van der Waals surface area contributed by atoms with Gasteiger partial charge in [-0.1, -0.05) is 0 Å². The highest BCUT2D eigenvalue weighted by molar-refractivity contribution is 6.34. The largest absolute Gasteiger partial charge is 0.507 e. The zero-order chi connectivity index (χ0) is 12.3. The first kappa shape index (κ1) is 12.6. The molecule has 0 radical (unpaired) electrons. The summed E-state index contributed by atoms with van der Waals surface area (Å²) in [5, 5.41) is 5.21. The van der Waals surface area contributed by atoms with Gasteiger partial charge in [0.2, 0.25) is 5.78 Å². The maximum atomic E-state index is 12.5. The van der Waals surface area contributed by atoms with Crippen LogP contribution in [0.25, 0.3) is 5.76 Å². The van der Waals surface area contributed by atoms with Crippen LogP contribution in [0.5, 0.6) is 0 Å². The van der Waals surface area contributed by atoms with Crippen molar-refractivity contribution < 1.29 is 23.1 Å². The smallest absolute Gasteiger partial charge is 0.384 e. The van der Waals surface area contributed by atoms with Gasteiger partial charge in [-0.15, -0.1) is 0 Å². The van der Waals surface area contributed by atoms with E-state index in [-0.39, 0.29) is 5.56 Å². The van der Waals surface area contributed by atoms with Gasteiger partial charge in [0.05, 0.1) is 0 Å². The molecule has 0 amide bonds. The quantitative estimate of drug-likeness (QED) is 0.508. The van der Waals surface area contributed by atoms with Crippen LogP contribution >= 0.6 is 11.6 Å². The number of alkyl halides is 3. The van der Waals surface area contributed by atoms with Crippen molar-refractivity contribution in [1.82, 2.24) is 0 Å². The van der Waals surface area contributed by atoms with E-state index in [1.54, 1.807) is 0 Å². The number of benzene rings is 1. The number of carbonyl (C=O) groups is 1. The fraction of sp³-hybridized carbons (Fsp3) is 0.100. The molecule has 0 aliphatic carbocycles. The Labute approximate surface area is 94.0 Å². The highest BCUT2D eigenvalue weighted by Gasteiger charge is 2.34. The molecule has 16 heavy (non-hydrogen) atoms. The van der Waals surface area contributed by atoms with Crippen LogP contribution in [0, 0.1) is 5.82 Å². The van der Waals surface area contributed by atoms with Crippen LogP contribution in [0.2, 0.25) is 0 Å². The molecular formula is C10H6ClF3O2. The van der Waals surface area contributed by atoms with Crippen LogP contribution in [0.1, 0.15) is 5.56 Å². The topological polar surface area (TPSA) is 37.3 Å². The second kappa shape index (κ2) is 4.57. The standard InChI is InChI=1S/C10H6ClF3O2/c11-10(13,14)9(16)5-8(15)6-1-3-7(12)4-2-6/h1-5,15H/b8-5-. The van der Waals surface area contributed by atoms with Gasteiger partial charge in [-0.05, 0) is 35.9 Å². The summed E-state index contributed by atoms with van der Waals surface area (Å²) in [6, 6.07) is 4.31. The van der Waals surface area contributed by atoms with Crippen molar-refractivity contribution >= 4 is 23.1 Å². The third kappa shape index (κ3) is 3.27. The summed E-state index contributed by atoms with van der Waals surface area (Å²) >= 11 is 4.44. The molecule has 1 aromatic rings. The van der Waals surface area contributed by atoms with E-state index in [1.165, 1.54) is 0 Å². The summed E-state index contributed by atoms with van der Waals surface area (Å²) < 4.78 is 37.0. The third-order valence-electron chi connectivity index (χ3n) is 1.69. The van der Waals surface area contributed by atoms with Crippen LogP contribution in [0.3, 0.4) is 0 Å². The monoisotopic (exact) mass is 250 g/mol. The molecule has 6 heteroatoms. The molecule has 1 aromatic carbocycles. The van der Waals surface area contributed by atoms with Crippen molar-refractivity contribution in [3.05, 3.63) is 41.7 Å². The van der Waals surface area contributed by atoms with Gasteiger partial charge >= 0.3 is 5.38 Å². The van der Waals surface area contributed by atoms with Crippen molar-refractivity contribution in [2.75, 3.05) is 0 Å². The summed E-state index contributed by atoms with van der Waals surface area (Å²) in [4.78, 5) is 10.7. The normalized spacial score (nSPS) is 12.6. The maximum absolute atomic E-state index is 12.5. The molecule has 0 aliphatic rings. The van der Waals surface area contributed by atoms with E-state index in [1.807, 2.05) is 0 Å². The minimum Gasteiger partial charge on any atom is -0.507 e. The first-order valence-corrected chi connectivity index (χ1v) is 4.46. The van der Waals surface area contributed by atoms with E-state index in [9.17, 15) is 23.1 Å². The number of aliphatic hydroxyl groups is 1. The van der Waals surface area contributed by atoms with Crippen LogP contribution in [0.4, 0.5) is 13.2 Å². The van der Waals surface area contributed by atoms with Gasteiger partial charge in [0.15, 0.2) is 0 Å². The van der Waals surface area contributed by atoms with Crippen molar-refractivity contribution in [3.63, 3.8) is 0 Å². The molecule has 1 rings (SSSR count). The molecule has 0 unspecified atom stereocenters. The highest BCUT2D eigenvalue weighted by Crippen LogP contribution is 2.22. The molecule has 2 nitrogen and oxygen atoms in total. The predicted molar refractivity (Wildman–Crippen MR) is 52.8 cm³/mol. The average molecular weight is 251 g/mol. The molecule has 0 atom stereocenters. The SMILES string of the molecule is O=C(/C=C(\O)c1ccc(F)cc1)C(F)(F)Cl. The molecule has 86 valence electrons. The number of allylic oxidation sites excluding steroid dienone is 1. The number of hydrogen-bond acceptors (Lipinski definition) is 2. The molecule has 0 aliphatic heterocycles. The van der Waals surface area contributed by atoms with E-state index in [2.05, 4.69) is 11.6 Å². The van der Waals surface area contributed by atoms with Gasteiger partial charge in [0.1, 0.15) is 11.6 Å². The Morgan fingerprint density at radius 1 is 1.31 bits per heavy atom. The lowest BCUT2D eigenvalue weighted by molar-refractivity contribution is -0.128. The highest BCUT2D eigenvalue weighted by atomic mass is 35.5. The minimum absolute atomic E-state index is 0.0377. The van der Waals surface area contributed by atoms with Crippen LogP contribution < -0.4 is 0 Å². The maximum Gasteiger partial charge on any atom is 0.384 e. The van der Waals surface area contributed by atoms with Crippen LogP contribution in [-0.2, 0) is 4.79 Å². The Bertz CT molecular complexity index is 421. The first-order valence-electron chi connectivity index (χ1n) is 4.08. The number of rotatable bonds is 3. The Hall–Kier alpha value is -1.49. The zero-order valence-corrected chi connectivity index (χ0v) is 8.51. The summed E-state index contributed by atoms with van der Waals surface area (Å²) in [5.74, 6) is -2.99. The van der Waals surface area contributed by atoms with Crippen molar-refractivity contribution in [2.24, 2.45) is 0 Å². The van der Waals surface area contributed by atoms with E-state index >= 15 is 0 Å². The molecule has 0 heterocycles. The first-order chi connectivity index (χ1) is 7.30. The zero-order valence-electron chi connectivity index (χ0n) is 7.75. The molecule has 0 saturated carbocycles. The lowest BCUT2D eigenvalue weighted by atomic mass is 10.1. The van der Waals surface area contributed by atoms with E-state index in [4.69, 9.17) is 0 Å². The minimum atomic E-state index is -4.06. The van der Waals surface area contributed by atoms with Gasteiger partial charge in [0.25, 0.3) is 0 Å². The molecule has 0 saturated heterocycles. The van der Waals surface area contributed by atoms with Gasteiger partial charge in [-0.2, -0.15) is 8.78 Å². The van der Waals surface area contributed by atoms with Crippen LogP contribution in [0.15, 0.2) is 30.3 Å². The van der Waals surface area contributed by atoms with E-state index in [0.717, 1.165) is 24.3 Å². The fourth-order valence-electron chi connectivity index (χ4n) is 0.910. The van der Waals surface area contributed by atoms with Crippen molar-refractivity contribution in [2.45, 2.75) is 5.38 Å². The summed E-state index contributed by atoms with van der Waals surface area (Å²) in [6.45, 7) is 0. The molecule has 0 bridgehead atoms. The Kier molecular flexibility index (Phi) is 3.59. The second-order valence-corrected chi connectivity index (χ2v) is 3.37. The van der Waals surface area contributed by atoms with Gasteiger partial charge in [-0.25, -0.2) is 4.39 Å². The number of hydrogen-bond donors (Lipinski definition) is 1. The Morgan fingerprint density at radius 3 is 2.25 bits per heavy atom. The molecular weight excluding hydrogens is 245 g/mol. The van der Waals surface area contributed by atoms with Gasteiger partial charge in [0, 0.05) is 11.6 Å². The summed E-state index contributed by atoms with van der Waals surface area (Å²) in [5.41, 5.74) is 0.0377. The third-order valence-corrected chi connectivity index (χ3v) is 1.87. The fourth-order valence-corrected chi connectivity index (χ4v) is 0.965. The van der Waals surface area contributed by atoms with E-state index < -0.39 is 22.7 Å².